The summed E-state index contributed by atoms with van der Waals surface area (Å²) in [6.07, 6.45) is 3.50. The van der Waals surface area contributed by atoms with Gasteiger partial charge in [-0.3, -0.25) is 24.0 Å². The zero-order valence-corrected chi connectivity index (χ0v) is 25.0. The maximum atomic E-state index is 13.5. The minimum atomic E-state index is -0.322. The van der Waals surface area contributed by atoms with Gasteiger partial charge in [0.1, 0.15) is 21.8 Å². The van der Waals surface area contributed by atoms with Crippen molar-refractivity contribution in [1.82, 2.24) is 14.4 Å². The monoisotopic (exact) mass is 583 g/mol. The Labute approximate surface area is 250 Å². The van der Waals surface area contributed by atoms with Gasteiger partial charge in [-0.2, -0.15) is 5.26 Å². The molecule has 0 spiro atoms. The lowest BCUT2D eigenvalue weighted by Crippen LogP contribution is -2.48. The third-order valence-electron chi connectivity index (χ3n) is 7.73. The Bertz CT molecular complexity index is 1570. The third-order valence-corrected chi connectivity index (χ3v) is 9.11. The fourth-order valence-electron chi connectivity index (χ4n) is 5.46. The van der Waals surface area contributed by atoms with Crippen molar-refractivity contribution in [3.8, 4) is 6.07 Å². The second-order valence-corrected chi connectivity index (χ2v) is 12.1. The van der Waals surface area contributed by atoms with E-state index >= 15 is 0 Å². The Morgan fingerprint density at radius 2 is 1.61 bits per heavy atom. The molecule has 9 heteroatoms. The number of nitriles is 1. The van der Waals surface area contributed by atoms with Crippen LogP contribution < -0.4 is 10.5 Å². The number of pyridine rings is 1. The van der Waals surface area contributed by atoms with Crippen LogP contribution >= 0.6 is 24.0 Å². The average Bonchev–Trinajstić information content (AvgIpc) is 3.25. The quantitative estimate of drug-likeness (QED) is 0.281. The Kier molecular flexibility index (Phi) is 9.03. The van der Waals surface area contributed by atoms with E-state index in [0.717, 1.165) is 56.9 Å². The zero-order valence-electron chi connectivity index (χ0n) is 23.4. The number of carbonyl (C=O) groups is 1. The number of benzene rings is 2. The summed E-state index contributed by atoms with van der Waals surface area (Å²) in [7, 11) is 1.71. The molecule has 1 aromatic heterocycles. The highest BCUT2D eigenvalue weighted by Crippen LogP contribution is 2.36. The summed E-state index contributed by atoms with van der Waals surface area (Å²) in [5.41, 5.74) is 3.60. The molecule has 0 bridgehead atoms. The predicted octanol–water partition coefficient (Wildman–Crippen LogP) is 4.72. The highest BCUT2D eigenvalue weighted by Gasteiger charge is 2.33. The highest BCUT2D eigenvalue weighted by molar-refractivity contribution is 8.26. The van der Waals surface area contributed by atoms with Crippen LogP contribution in [-0.4, -0.2) is 57.3 Å². The van der Waals surface area contributed by atoms with Crippen LogP contribution in [0.15, 0.2) is 70.4 Å². The first kappa shape index (κ1) is 28.8. The second-order valence-electron chi connectivity index (χ2n) is 10.4. The number of amides is 1. The molecule has 0 saturated carbocycles. The molecule has 3 aromatic rings. The first-order valence-corrected chi connectivity index (χ1v) is 15.0. The number of thioether (sulfide) groups is 1. The van der Waals surface area contributed by atoms with E-state index in [1.54, 1.807) is 23.4 Å². The van der Waals surface area contributed by atoms with Crippen molar-refractivity contribution in [3.05, 3.63) is 104 Å². The summed E-state index contributed by atoms with van der Waals surface area (Å²) in [5, 5.41) is 9.81. The topological polar surface area (TPSA) is 72.6 Å². The molecular formula is C32H33N5O2S2. The minimum absolute atomic E-state index is 0.101. The van der Waals surface area contributed by atoms with Crippen LogP contribution in [0.2, 0.25) is 0 Å². The van der Waals surface area contributed by atoms with Gasteiger partial charge < -0.3 is 4.90 Å². The van der Waals surface area contributed by atoms with Gasteiger partial charge in [-0.1, -0.05) is 84.6 Å². The Morgan fingerprint density at radius 3 is 2.24 bits per heavy atom. The smallest absolute Gasteiger partial charge is 0.270 e. The van der Waals surface area contributed by atoms with Crippen LogP contribution in [-0.2, 0) is 24.8 Å². The highest BCUT2D eigenvalue weighted by atomic mass is 32.2. The van der Waals surface area contributed by atoms with Gasteiger partial charge >= 0.3 is 0 Å². The molecular weight excluding hydrogens is 551 g/mol. The van der Waals surface area contributed by atoms with Crippen molar-refractivity contribution in [3.63, 3.8) is 0 Å². The molecule has 2 fully saturated rings. The van der Waals surface area contributed by atoms with Gasteiger partial charge in [0.25, 0.3) is 11.5 Å². The number of aromatic nitrogens is 1. The number of thiocarbonyl (C=S) groups is 1. The molecule has 7 nitrogen and oxygen atoms in total. The number of piperazine rings is 1. The minimum Gasteiger partial charge on any atom is -0.355 e. The lowest BCUT2D eigenvalue weighted by Gasteiger charge is -2.37. The van der Waals surface area contributed by atoms with Crippen LogP contribution in [0.3, 0.4) is 0 Å². The summed E-state index contributed by atoms with van der Waals surface area (Å²) < 4.78 is 2.10. The van der Waals surface area contributed by atoms with Crippen LogP contribution in [0, 0.1) is 18.3 Å². The summed E-state index contributed by atoms with van der Waals surface area (Å²) in [4.78, 5) is 33.4. The molecule has 2 aromatic carbocycles. The van der Waals surface area contributed by atoms with E-state index in [1.165, 1.54) is 22.9 Å². The molecule has 0 atom stereocenters. The van der Waals surface area contributed by atoms with Crippen LogP contribution in [0.25, 0.3) is 6.08 Å². The molecule has 1 amide bonds. The first-order chi connectivity index (χ1) is 19.9. The van der Waals surface area contributed by atoms with E-state index in [0.29, 0.717) is 21.3 Å². The van der Waals surface area contributed by atoms with Crippen LogP contribution in [0.5, 0.6) is 0 Å². The maximum Gasteiger partial charge on any atom is 0.270 e. The molecule has 0 aliphatic carbocycles. The lowest BCUT2D eigenvalue weighted by molar-refractivity contribution is -0.122. The Balaban J connectivity index is 1.38. The van der Waals surface area contributed by atoms with E-state index in [-0.39, 0.29) is 17.0 Å². The SMILES string of the molecule is Cc1c(/C=C2\SC(=S)N(CCCc3ccccc3)C2=O)c(N2CCN(Cc3ccccc3)CC2)n(C)c(=O)c1C#N. The standard InChI is InChI=1S/C32H33N5O2S2/c1-23-26(20-28-31(39)37(32(40)41-28)15-9-14-24-10-5-3-6-11-24)29(34(2)30(38)27(23)21-33)36-18-16-35(17-19-36)22-25-12-7-4-8-13-25/h3-8,10-13,20H,9,14-19,22H2,1-2H3/b28-20-. The molecule has 2 saturated heterocycles. The van der Waals surface area contributed by atoms with E-state index in [9.17, 15) is 14.9 Å². The van der Waals surface area contributed by atoms with Crippen molar-refractivity contribution < 1.29 is 4.79 Å². The Hall–Kier alpha value is -3.71. The molecule has 0 unspecified atom stereocenters. The number of hydrogen-bond acceptors (Lipinski definition) is 7. The lowest BCUT2D eigenvalue weighted by atomic mass is 10.0. The predicted molar refractivity (Wildman–Crippen MR) is 170 cm³/mol. The van der Waals surface area contributed by atoms with Crippen molar-refractivity contribution in [2.24, 2.45) is 7.05 Å². The van der Waals surface area contributed by atoms with Crippen LogP contribution in [0.4, 0.5) is 5.82 Å². The van der Waals surface area contributed by atoms with Crippen molar-refractivity contribution in [1.29, 1.82) is 5.26 Å². The largest absolute Gasteiger partial charge is 0.355 e. The Morgan fingerprint density at radius 1 is 0.976 bits per heavy atom. The van der Waals surface area contributed by atoms with Crippen molar-refractivity contribution in [2.45, 2.75) is 26.3 Å². The van der Waals surface area contributed by atoms with E-state index in [1.807, 2.05) is 30.3 Å². The fourth-order valence-corrected chi connectivity index (χ4v) is 6.75. The van der Waals surface area contributed by atoms with Gasteiger partial charge in [0.15, 0.2) is 0 Å². The molecule has 41 heavy (non-hydrogen) atoms. The number of aryl methyl sites for hydroxylation is 1. The third kappa shape index (κ3) is 6.30. The van der Waals surface area contributed by atoms with Gasteiger partial charge in [-0.05, 0) is 42.5 Å². The number of rotatable bonds is 8. The number of nitrogens with zero attached hydrogens (tertiary/aromatic N) is 5. The normalized spacial score (nSPS) is 17.0. The van der Waals surface area contributed by atoms with E-state index in [4.69, 9.17) is 12.2 Å². The maximum absolute atomic E-state index is 13.5. The summed E-state index contributed by atoms with van der Waals surface area (Å²) in [5.74, 6) is 0.610. The fraction of sp³-hybridized carbons (Fsp3) is 0.312. The average molecular weight is 584 g/mol. The molecule has 210 valence electrons. The second kappa shape index (κ2) is 12.9. The molecule has 3 heterocycles. The van der Waals surface area contributed by atoms with Gasteiger partial charge in [0.2, 0.25) is 0 Å². The zero-order chi connectivity index (χ0) is 28.9. The summed E-state index contributed by atoms with van der Waals surface area (Å²) in [6.45, 7) is 6.35. The molecule has 5 rings (SSSR count). The molecule has 2 aliphatic heterocycles. The summed E-state index contributed by atoms with van der Waals surface area (Å²) in [6, 6.07) is 22.7. The number of carbonyl (C=O) groups excluding carboxylic acids is 1. The first-order valence-electron chi connectivity index (χ1n) is 13.8. The van der Waals surface area contributed by atoms with Gasteiger partial charge in [0, 0.05) is 51.9 Å². The van der Waals surface area contributed by atoms with E-state index < -0.39 is 0 Å². The molecule has 0 radical (unpaired) electrons. The van der Waals surface area contributed by atoms with Crippen molar-refractivity contribution in [2.75, 3.05) is 37.6 Å². The van der Waals surface area contributed by atoms with Gasteiger partial charge in [-0.25, -0.2) is 0 Å². The van der Waals surface area contributed by atoms with Crippen LogP contribution in [0.1, 0.15) is 34.2 Å². The number of anilines is 1. The van der Waals surface area contributed by atoms with Gasteiger partial charge in [0.05, 0.1) is 4.91 Å². The van der Waals surface area contributed by atoms with E-state index in [2.05, 4.69) is 52.3 Å². The summed E-state index contributed by atoms with van der Waals surface area (Å²) >= 11 is 6.88. The van der Waals surface area contributed by atoms with Gasteiger partial charge in [-0.15, -0.1) is 0 Å². The van der Waals surface area contributed by atoms with Crippen molar-refractivity contribution >= 4 is 46.1 Å². The molecule has 2 aliphatic rings. The number of hydrogen-bond donors (Lipinski definition) is 0. The molecule has 0 N–H and O–H groups in total.